The van der Waals surface area contributed by atoms with Gasteiger partial charge in [-0.3, -0.25) is 0 Å². The molecular formula is C27H43ClF3N3OS. The summed E-state index contributed by atoms with van der Waals surface area (Å²) in [6, 6.07) is 1.08. The zero-order valence-electron chi connectivity index (χ0n) is 23.1. The maximum absolute atomic E-state index is 13.1. The summed E-state index contributed by atoms with van der Waals surface area (Å²) < 4.78 is 41.5. The van der Waals surface area contributed by atoms with Crippen molar-refractivity contribution in [2.45, 2.75) is 80.8 Å². The first kappa shape index (κ1) is 31.2. The minimum atomic E-state index is -4.51. The number of piperazine rings is 1. The summed E-state index contributed by atoms with van der Waals surface area (Å²) in [6.07, 6.45) is -0.0482. The fraction of sp³-hybridized carbons (Fsp3) is 0.778. The first-order valence-corrected chi connectivity index (χ1v) is 14.6. The quantitative estimate of drug-likeness (QED) is 0.205. The average molecular weight is 550 g/mol. The number of pyridine rings is 1. The van der Waals surface area contributed by atoms with Crippen LogP contribution in [0, 0.1) is 29.1 Å². The van der Waals surface area contributed by atoms with Gasteiger partial charge in [0.1, 0.15) is 17.3 Å². The number of halogens is 4. The highest BCUT2D eigenvalue weighted by Crippen LogP contribution is 2.85. The molecule has 2 heterocycles. The SMILES string of the molecule is CC.CC.CCC1C(C)(C)C12CCC2(C=O)CSN1CCN(c2nc(Cl)c(C(F)(F)F)cc2C)CC1. The van der Waals surface area contributed by atoms with Crippen molar-refractivity contribution in [3.63, 3.8) is 0 Å². The lowest BCUT2D eigenvalue weighted by Gasteiger charge is -2.50. The highest BCUT2D eigenvalue weighted by molar-refractivity contribution is 7.97. The van der Waals surface area contributed by atoms with Crippen molar-refractivity contribution in [2.75, 3.05) is 36.8 Å². The number of nitrogens with zero attached hydrogens (tertiary/aromatic N) is 3. The molecule has 0 aromatic carbocycles. The minimum Gasteiger partial charge on any atom is -0.354 e. The highest BCUT2D eigenvalue weighted by atomic mass is 35.5. The van der Waals surface area contributed by atoms with Gasteiger partial charge in [-0.25, -0.2) is 9.29 Å². The molecule has 3 fully saturated rings. The molecule has 1 saturated heterocycles. The Morgan fingerprint density at radius 2 is 1.72 bits per heavy atom. The molecule has 1 aromatic rings. The maximum atomic E-state index is 13.1. The minimum absolute atomic E-state index is 0.156. The number of carbonyl (C=O) groups is 1. The summed E-state index contributed by atoms with van der Waals surface area (Å²) >= 11 is 7.60. The van der Waals surface area contributed by atoms with Gasteiger partial charge in [0, 0.05) is 37.3 Å². The fourth-order valence-electron chi connectivity index (χ4n) is 6.76. The van der Waals surface area contributed by atoms with Crippen LogP contribution in [0.15, 0.2) is 6.07 Å². The molecule has 2 saturated carbocycles. The van der Waals surface area contributed by atoms with Gasteiger partial charge in [-0.15, -0.1) is 0 Å². The standard InChI is InChI=1S/C23H31ClF3N3OS.2C2H6/c1-5-17-20(3,4)22(17)7-6-21(22,13-31)14-32-30-10-8-29(9-11-30)19-15(2)12-16(18(24)28-19)23(25,26)27;2*1-2/h12-13,17H,5-11,14H2,1-4H3;2*1-2H3. The van der Waals surface area contributed by atoms with E-state index in [2.05, 4.69) is 30.1 Å². The van der Waals surface area contributed by atoms with Gasteiger partial charge in [0.15, 0.2) is 0 Å². The summed E-state index contributed by atoms with van der Waals surface area (Å²) in [4.78, 5) is 18.3. The van der Waals surface area contributed by atoms with Gasteiger partial charge in [0.25, 0.3) is 0 Å². The molecule has 0 N–H and O–H groups in total. The van der Waals surface area contributed by atoms with Gasteiger partial charge in [0.2, 0.25) is 0 Å². The number of carbonyl (C=O) groups excluding carboxylic acids is 1. The zero-order chi connectivity index (χ0) is 27.5. The van der Waals surface area contributed by atoms with E-state index in [0.29, 0.717) is 30.4 Å². The Balaban J connectivity index is 0.00000109. The van der Waals surface area contributed by atoms with Crippen LogP contribution in [0.4, 0.5) is 19.0 Å². The van der Waals surface area contributed by atoms with E-state index in [1.54, 1.807) is 18.9 Å². The van der Waals surface area contributed by atoms with Gasteiger partial charge in [-0.2, -0.15) is 13.2 Å². The Hall–Kier alpha value is -0.990. The Morgan fingerprint density at radius 3 is 2.14 bits per heavy atom. The molecule has 36 heavy (non-hydrogen) atoms. The summed E-state index contributed by atoms with van der Waals surface area (Å²) in [6.45, 7) is 19.3. The lowest BCUT2D eigenvalue weighted by atomic mass is 9.55. The molecule has 2 aliphatic carbocycles. The van der Waals surface area contributed by atoms with Crippen molar-refractivity contribution < 1.29 is 18.0 Å². The van der Waals surface area contributed by atoms with Gasteiger partial charge < -0.3 is 9.69 Å². The molecule has 1 spiro atoms. The first-order chi connectivity index (χ1) is 16.9. The maximum Gasteiger partial charge on any atom is 0.419 e. The number of alkyl halides is 3. The molecular weight excluding hydrogens is 507 g/mol. The second-order valence-electron chi connectivity index (χ2n) is 10.1. The van der Waals surface area contributed by atoms with Crippen LogP contribution in [0.25, 0.3) is 0 Å². The molecule has 0 amide bonds. The van der Waals surface area contributed by atoms with Crippen LogP contribution in [-0.2, 0) is 11.0 Å². The predicted octanol–water partition coefficient (Wildman–Crippen LogP) is 7.92. The van der Waals surface area contributed by atoms with E-state index < -0.39 is 16.9 Å². The predicted molar refractivity (Wildman–Crippen MR) is 146 cm³/mol. The van der Waals surface area contributed by atoms with Gasteiger partial charge in [-0.05, 0) is 48.1 Å². The van der Waals surface area contributed by atoms with E-state index in [9.17, 15) is 18.0 Å². The highest BCUT2D eigenvalue weighted by Gasteiger charge is 2.81. The van der Waals surface area contributed by atoms with Gasteiger partial charge in [-0.1, -0.05) is 78.4 Å². The summed E-state index contributed by atoms with van der Waals surface area (Å²) in [5.41, 5.74) is -0.274. The van der Waals surface area contributed by atoms with Gasteiger partial charge in [0.05, 0.1) is 5.56 Å². The Morgan fingerprint density at radius 1 is 1.14 bits per heavy atom. The lowest BCUT2D eigenvalue weighted by Crippen LogP contribution is -2.50. The molecule has 3 unspecified atom stereocenters. The second-order valence-corrected chi connectivity index (χ2v) is 11.5. The molecule has 0 radical (unpaired) electrons. The summed E-state index contributed by atoms with van der Waals surface area (Å²) in [5.74, 6) is 1.94. The van der Waals surface area contributed by atoms with E-state index in [-0.39, 0.29) is 16.2 Å². The van der Waals surface area contributed by atoms with Crippen molar-refractivity contribution in [1.29, 1.82) is 0 Å². The molecule has 4 rings (SSSR count). The molecule has 4 nitrogen and oxygen atoms in total. The fourth-order valence-corrected chi connectivity index (χ4v) is 8.31. The zero-order valence-corrected chi connectivity index (χ0v) is 24.6. The number of anilines is 1. The van der Waals surface area contributed by atoms with E-state index in [4.69, 9.17) is 11.6 Å². The largest absolute Gasteiger partial charge is 0.419 e. The van der Waals surface area contributed by atoms with E-state index in [1.165, 1.54) is 6.29 Å². The van der Waals surface area contributed by atoms with Crippen LogP contribution in [0.5, 0.6) is 0 Å². The normalized spacial score (nSPS) is 28.9. The molecule has 1 aromatic heterocycles. The average Bonchev–Trinajstić information content (AvgIpc) is 3.40. The number of rotatable bonds is 6. The lowest BCUT2D eigenvalue weighted by molar-refractivity contribution is -0.137. The molecule has 0 bridgehead atoms. The number of aryl methyl sites for hydroxylation is 1. The van der Waals surface area contributed by atoms with E-state index in [1.807, 2.05) is 32.6 Å². The molecule has 9 heteroatoms. The second kappa shape index (κ2) is 11.8. The number of hydrogen-bond donors (Lipinski definition) is 0. The third kappa shape index (κ3) is 5.15. The Kier molecular flexibility index (Phi) is 10.2. The van der Waals surface area contributed by atoms with Crippen LogP contribution < -0.4 is 4.90 Å². The Bertz CT molecular complexity index is 905. The molecule has 1 aliphatic heterocycles. The van der Waals surface area contributed by atoms with Crippen molar-refractivity contribution in [1.82, 2.24) is 9.29 Å². The smallest absolute Gasteiger partial charge is 0.354 e. The van der Waals surface area contributed by atoms with Gasteiger partial charge >= 0.3 is 6.18 Å². The van der Waals surface area contributed by atoms with Crippen LogP contribution in [0.2, 0.25) is 5.15 Å². The molecule has 3 aliphatic rings. The van der Waals surface area contributed by atoms with Crippen LogP contribution in [-0.4, -0.2) is 47.5 Å². The van der Waals surface area contributed by atoms with E-state index in [0.717, 1.165) is 44.2 Å². The topological polar surface area (TPSA) is 36.4 Å². The Labute approximate surface area is 224 Å². The monoisotopic (exact) mass is 549 g/mol. The molecule has 206 valence electrons. The van der Waals surface area contributed by atoms with Crippen molar-refractivity contribution in [3.05, 3.63) is 22.3 Å². The molecule has 3 atom stereocenters. The van der Waals surface area contributed by atoms with E-state index >= 15 is 0 Å². The van der Waals surface area contributed by atoms with Crippen molar-refractivity contribution in [3.8, 4) is 0 Å². The summed E-state index contributed by atoms with van der Waals surface area (Å²) in [5, 5.41) is -0.504. The number of aromatic nitrogens is 1. The van der Waals surface area contributed by atoms with Crippen molar-refractivity contribution >= 4 is 35.7 Å². The summed E-state index contributed by atoms with van der Waals surface area (Å²) in [7, 11) is 0. The number of aldehydes is 1. The van der Waals surface area contributed by atoms with Crippen LogP contribution >= 0.6 is 23.5 Å². The van der Waals surface area contributed by atoms with Crippen LogP contribution in [0.1, 0.15) is 78.9 Å². The third-order valence-corrected chi connectivity index (χ3v) is 10.2. The van der Waals surface area contributed by atoms with Crippen LogP contribution in [0.3, 0.4) is 0 Å². The first-order valence-electron chi connectivity index (χ1n) is 13.3. The third-order valence-electron chi connectivity index (χ3n) is 8.51. The van der Waals surface area contributed by atoms with Crippen molar-refractivity contribution in [2.24, 2.45) is 22.2 Å². The number of hydrogen-bond acceptors (Lipinski definition) is 5.